The number of fused-ring (bicyclic) bond motifs is 1. The van der Waals surface area contributed by atoms with Gasteiger partial charge in [-0.3, -0.25) is 4.98 Å². The van der Waals surface area contributed by atoms with Gasteiger partial charge in [0.1, 0.15) is 12.4 Å². The molecule has 0 aliphatic rings. The van der Waals surface area contributed by atoms with Crippen LogP contribution in [0.15, 0.2) is 65.7 Å². The Morgan fingerprint density at radius 3 is 2.55 bits per heavy atom. The van der Waals surface area contributed by atoms with Gasteiger partial charge in [0.05, 0.1) is 10.4 Å². The molecule has 0 aliphatic heterocycles. The van der Waals surface area contributed by atoms with Gasteiger partial charge in [-0.1, -0.05) is 12.1 Å². The van der Waals surface area contributed by atoms with Crippen LogP contribution in [0.1, 0.15) is 5.56 Å². The first kappa shape index (κ1) is 14.5. The van der Waals surface area contributed by atoms with Crippen molar-refractivity contribution in [2.45, 2.75) is 11.5 Å². The lowest BCUT2D eigenvalue weighted by atomic mass is 10.1. The summed E-state index contributed by atoms with van der Waals surface area (Å²) >= 11 is 0. The molecule has 3 rings (SSSR count). The van der Waals surface area contributed by atoms with Crippen molar-refractivity contribution in [3.63, 3.8) is 0 Å². The highest BCUT2D eigenvalue weighted by atomic mass is 32.2. The molecule has 0 bridgehead atoms. The number of ether oxygens (including phenoxy) is 1. The van der Waals surface area contributed by atoms with E-state index in [9.17, 15) is 8.42 Å². The minimum Gasteiger partial charge on any atom is -0.489 e. The monoisotopic (exact) mass is 313 g/mol. The van der Waals surface area contributed by atoms with Gasteiger partial charge in [-0.05, 0) is 48.0 Å². The topological polar surface area (TPSA) is 56.3 Å². The number of hydrogen-bond donors (Lipinski definition) is 0. The number of sulfone groups is 1. The van der Waals surface area contributed by atoms with Crippen LogP contribution >= 0.6 is 0 Å². The molecular formula is C17H15NO3S. The van der Waals surface area contributed by atoms with E-state index in [4.69, 9.17) is 4.74 Å². The Morgan fingerprint density at radius 1 is 1.05 bits per heavy atom. The van der Waals surface area contributed by atoms with Gasteiger partial charge in [0.25, 0.3) is 0 Å². The van der Waals surface area contributed by atoms with Crippen molar-refractivity contribution in [3.05, 3.63) is 66.4 Å². The van der Waals surface area contributed by atoms with Crippen LogP contribution in [0.3, 0.4) is 0 Å². The smallest absolute Gasteiger partial charge is 0.175 e. The van der Waals surface area contributed by atoms with E-state index in [1.807, 2.05) is 30.3 Å². The summed E-state index contributed by atoms with van der Waals surface area (Å²) < 4.78 is 28.5. The van der Waals surface area contributed by atoms with Gasteiger partial charge in [0, 0.05) is 17.8 Å². The molecule has 0 fully saturated rings. The quantitative estimate of drug-likeness (QED) is 0.742. The van der Waals surface area contributed by atoms with Crippen LogP contribution in [-0.2, 0) is 16.4 Å². The van der Waals surface area contributed by atoms with E-state index in [1.165, 1.54) is 6.26 Å². The summed E-state index contributed by atoms with van der Waals surface area (Å²) in [5, 5.41) is 1.07. The number of pyridine rings is 1. The second kappa shape index (κ2) is 5.77. The summed E-state index contributed by atoms with van der Waals surface area (Å²) in [4.78, 5) is 4.56. The Bertz CT molecular complexity index is 903. The van der Waals surface area contributed by atoms with E-state index in [-0.39, 0.29) is 4.90 Å². The fourth-order valence-corrected chi connectivity index (χ4v) is 2.80. The number of rotatable bonds is 4. The molecular weight excluding hydrogens is 298 g/mol. The fourth-order valence-electron chi connectivity index (χ4n) is 2.16. The van der Waals surface area contributed by atoms with Crippen LogP contribution in [0.2, 0.25) is 0 Å². The standard InChI is InChI=1S/C17H15NO3S/c1-22(19,20)16-7-5-15(6-8-16)21-12-13-4-9-17-14(11-13)3-2-10-18-17/h2-11H,12H2,1H3. The van der Waals surface area contributed by atoms with E-state index in [1.54, 1.807) is 30.5 Å². The van der Waals surface area contributed by atoms with Gasteiger partial charge >= 0.3 is 0 Å². The third-order valence-electron chi connectivity index (χ3n) is 3.32. The second-order valence-electron chi connectivity index (χ2n) is 5.06. The maximum atomic E-state index is 11.4. The number of nitrogens with zero attached hydrogens (tertiary/aromatic N) is 1. The molecule has 5 heteroatoms. The Balaban J connectivity index is 1.73. The first-order valence-electron chi connectivity index (χ1n) is 6.79. The van der Waals surface area contributed by atoms with Crippen molar-refractivity contribution in [1.29, 1.82) is 0 Å². The summed E-state index contributed by atoms with van der Waals surface area (Å²) in [6.45, 7) is 0.420. The summed E-state index contributed by atoms with van der Waals surface area (Å²) in [7, 11) is -3.17. The molecule has 3 aromatic rings. The van der Waals surface area contributed by atoms with Crippen LogP contribution < -0.4 is 4.74 Å². The molecule has 0 saturated carbocycles. The van der Waals surface area contributed by atoms with Gasteiger partial charge in [0.15, 0.2) is 9.84 Å². The number of aromatic nitrogens is 1. The molecule has 4 nitrogen and oxygen atoms in total. The normalized spacial score (nSPS) is 11.5. The number of hydrogen-bond acceptors (Lipinski definition) is 4. The minimum absolute atomic E-state index is 0.289. The highest BCUT2D eigenvalue weighted by molar-refractivity contribution is 7.90. The molecule has 1 aromatic heterocycles. The van der Waals surface area contributed by atoms with Crippen LogP contribution in [0.4, 0.5) is 0 Å². The van der Waals surface area contributed by atoms with Crippen LogP contribution in [0, 0.1) is 0 Å². The molecule has 0 N–H and O–H groups in total. The molecule has 0 unspecified atom stereocenters. The van der Waals surface area contributed by atoms with Crippen molar-refractivity contribution < 1.29 is 13.2 Å². The first-order chi connectivity index (χ1) is 10.5. The third-order valence-corrected chi connectivity index (χ3v) is 4.45. The molecule has 1 heterocycles. The van der Waals surface area contributed by atoms with E-state index in [2.05, 4.69) is 4.98 Å². The molecule has 2 aromatic carbocycles. The molecule has 0 aliphatic carbocycles. The Hall–Kier alpha value is -2.40. The summed E-state index contributed by atoms with van der Waals surface area (Å²) in [5.41, 5.74) is 1.98. The van der Waals surface area contributed by atoms with Gasteiger partial charge in [-0.15, -0.1) is 0 Å². The first-order valence-corrected chi connectivity index (χ1v) is 8.68. The molecule has 0 amide bonds. The highest BCUT2D eigenvalue weighted by Crippen LogP contribution is 2.18. The molecule has 0 atom stereocenters. The minimum atomic E-state index is -3.17. The van der Waals surface area contributed by atoms with Gasteiger partial charge in [0.2, 0.25) is 0 Å². The predicted molar refractivity (Wildman–Crippen MR) is 85.6 cm³/mol. The summed E-state index contributed by atoms with van der Waals surface area (Å²) in [5.74, 6) is 0.638. The zero-order valence-corrected chi connectivity index (χ0v) is 12.9. The van der Waals surface area contributed by atoms with Crippen LogP contribution in [0.25, 0.3) is 10.9 Å². The van der Waals surface area contributed by atoms with Crippen molar-refractivity contribution in [2.75, 3.05) is 6.26 Å². The number of benzene rings is 2. The molecule has 0 saturated heterocycles. The SMILES string of the molecule is CS(=O)(=O)c1ccc(OCc2ccc3ncccc3c2)cc1. The molecule has 112 valence electrons. The van der Waals surface area contributed by atoms with Crippen LogP contribution in [-0.4, -0.2) is 19.7 Å². The van der Waals surface area contributed by atoms with Gasteiger partial charge in [-0.2, -0.15) is 0 Å². The summed E-state index contributed by atoms with van der Waals surface area (Å²) in [6.07, 6.45) is 2.95. The second-order valence-corrected chi connectivity index (χ2v) is 7.08. The van der Waals surface area contributed by atoms with Crippen molar-refractivity contribution in [3.8, 4) is 5.75 Å². The summed E-state index contributed by atoms with van der Waals surface area (Å²) in [6, 6.07) is 16.3. The maximum absolute atomic E-state index is 11.4. The average molecular weight is 313 g/mol. The third kappa shape index (κ3) is 3.26. The largest absolute Gasteiger partial charge is 0.489 e. The zero-order chi connectivity index (χ0) is 15.6. The molecule has 0 spiro atoms. The maximum Gasteiger partial charge on any atom is 0.175 e. The highest BCUT2D eigenvalue weighted by Gasteiger charge is 2.06. The predicted octanol–water partition coefficient (Wildman–Crippen LogP) is 3.22. The van der Waals surface area contributed by atoms with Gasteiger partial charge in [-0.25, -0.2) is 8.42 Å². The molecule has 22 heavy (non-hydrogen) atoms. The lowest BCUT2D eigenvalue weighted by molar-refractivity contribution is 0.306. The van der Waals surface area contributed by atoms with Crippen molar-refractivity contribution >= 4 is 20.7 Å². The van der Waals surface area contributed by atoms with Crippen molar-refractivity contribution in [1.82, 2.24) is 4.98 Å². The Labute approximate surface area is 129 Å². The average Bonchev–Trinajstić information content (AvgIpc) is 2.52. The lowest BCUT2D eigenvalue weighted by Gasteiger charge is -2.08. The Morgan fingerprint density at radius 2 is 1.82 bits per heavy atom. The fraction of sp³-hybridized carbons (Fsp3) is 0.118. The molecule has 0 radical (unpaired) electrons. The van der Waals surface area contributed by atoms with Gasteiger partial charge < -0.3 is 4.74 Å². The van der Waals surface area contributed by atoms with E-state index in [0.717, 1.165) is 16.5 Å². The van der Waals surface area contributed by atoms with E-state index in [0.29, 0.717) is 12.4 Å². The van der Waals surface area contributed by atoms with Crippen LogP contribution in [0.5, 0.6) is 5.75 Å². The van der Waals surface area contributed by atoms with E-state index >= 15 is 0 Å². The van der Waals surface area contributed by atoms with Crippen molar-refractivity contribution in [2.24, 2.45) is 0 Å². The zero-order valence-electron chi connectivity index (χ0n) is 12.1. The lowest BCUT2D eigenvalue weighted by Crippen LogP contribution is -1.98. The Kier molecular flexibility index (Phi) is 3.81. The van der Waals surface area contributed by atoms with E-state index < -0.39 is 9.84 Å².